The van der Waals surface area contributed by atoms with Gasteiger partial charge in [0.15, 0.2) is 11.5 Å². The summed E-state index contributed by atoms with van der Waals surface area (Å²) in [5.74, 6) is 0.367. The second-order valence-corrected chi connectivity index (χ2v) is 5.61. The van der Waals surface area contributed by atoms with Crippen molar-refractivity contribution in [3.05, 3.63) is 45.4 Å². The van der Waals surface area contributed by atoms with E-state index in [2.05, 4.69) is 4.98 Å². The molecule has 0 saturated carbocycles. The Kier molecular flexibility index (Phi) is 4.72. The molecule has 0 bridgehead atoms. The molecule has 0 saturated heterocycles. The number of aryl methyl sites for hydroxylation is 1. The maximum atomic E-state index is 12.0. The highest BCUT2D eigenvalue weighted by Crippen LogP contribution is 2.36. The van der Waals surface area contributed by atoms with Gasteiger partial charge < -0.3 is 19.7 Å². The minimum Gasteiger partial charge on any atom is -0.504 e. The number of nitrogens with zero attached hydrogens (tertiary/aromatic N) is 2. The van der Waals surface area contributed by atoms with E-state index < -0.39 is 5.56 Å². The molecule has 0 atom stereocenters. The van der Waals surface area contributed by atoms with E-state index in [4.69, 9.17) is 4.74 Å². The fourth-order valence-corrected chi connectivity index (χ4v) is 2.47. The number of aromatic amines is 1. The first-order chi connectivity index (χ1) is 10.9. The molecular formula is C17H19N3O3. The van der Waals surface area contributed by atoms with E-state index >= 15 is 0 Å². The molecule has 23 heavy (non-hydrogen) atoms. The van der Waals surface area contributed by atoms with Crippen LogP contribution in [0, 0.1) is 18.3 Å². The predicted octanol–water partition coefficient (Wildman–Crippen LogP) is 2.00. The molecule has 6 heteroatoms. The Bertz CT molecular complexity index is 832. The second-order valence-electron chi connectivity index (χ2n) is 5.61. The van der Waals surface area contributed by atoms with E-state index in [1.165, 1.54) is 7.11 Å². The lowest BCUT2D eigenvalue weighted by Crippen LogP contribution is -2.13. The maximum Gasteiger partial charge on any atom is 0.266 e. The van der Waals surface area contributed by atoms with Gasteiger partial charge in [-0.1, -0.05) is 0 Å². The quantitative estimate of drug-likeness (QED) is 0.901. The average molecular weight is 313 g/mol. The topological polar surface area (TPSA) is 89.3 Å². The van der Waals surface area contributed by atoms with E-state index in [1.807, 2.05) is 25.1 Å². The lowest BCUT2D eigenvalue weighted by atomic mass is 9.98. The largest absolute Gasteiger partial charge is 0.504 e. The number of hydrogen-bond acceptors (Lipinski definition) is 5. The van der Waals surface area contributed by atoms with Crippen LogP contribution in [0.1, 0.15) is 16.8 Å². The van der Waals surface area contributed by atoms with E-state index in [1.54, 1.807) is 25.1 Å². The van der Waals surface area contributed by atoms with Crippen molar-refractivity contribution < 1.29 is 9.84 Å². The van der Waals surface area contributed by atoms with E-state index in [0.717, 1.165) is 0 Å². The Hall–Kier alpha value is -2.78. The van der Waals surface area contributed by atoms with Crippen LogP contribution in [0.3, 0.4) is 0 Å². The highest BCUT2D eigenvalue weighted by atomic mass is 16.5. The lowest BCUT2D eigenvalue weighted by molar-refractivity contribution is 0.355. The molecule has 0 radical (unpaired) electrons. The lowest BCUT2D eigenvalue weighted by Gasteiger charge is -2.16. The van der Waals surface area contributed by atoms with Gasteiger partial charge in [0, 0.05) is 23.4 Å². The van der Waals surface area contributed by atoms with Crippen molar-refractivity contribution in [2.45, 2.75) is 13.5 Å². The highest BCUT2D eigenvalue weighted by molar-refractivity contribution is 5.74. The van der Waals surface area contributed by atoms with Crippen molar-refractivity contribution in [2.75, 3.05) is 21.2 Å². The molecule has 0 fully saturated rings. The summed E-state index contributed by atoms with van der Waals surface area (Å²) in [5, 5.41) is 19.5. The number of aromatic hydroxyl groups is 1. The van der Waals surface area contributed by atoms with Crippen molar-refractivity contribution in [3.8, 4) is 28.7 Å². The molecule has 1 aromatic heterocycles. The minimum absolute atomic E-state index is 0.0409. The number of rotatable bonds is 4. The Morgan fingerprint density at radius 3 is 2.61 bits per heavy atom. The number of nitrogens with one attached hydrogen (secondary N) is 1. The molecule has 2 rings (SSSR count). The van der Waals surface area contributed by atoms with E-state index in [0.29, 0.717) is 34.7 Å². The maximum absolute atomic E-state index is 12.0. The van der Waals surface area contributed by atoms with Crippen molar-refractivity contribution in [1.29, 1.82) is 5.26 Å². The van der Waals surface area contributed by atoms with Crippen LogP contribution in [-0.2, 0) is 6.54 Å². The first kappa shape index (κ1) is 16.6. The monoisotopic (exact) mass is 313 g/mol. The number of nitriles is 1. The predicted molar refractivity (Wildman–Crippen MR) is 87.6 cm³/mol. The molecule has 0 aliphatic rings. The van der Waals surface area contributed by atoms with Crippen LogP contribution < -0.4 is 10.3 Å². The van der Waals surface area contributed by atoms with Crippen LogP contribution in [0.2, 0.25) is 0 Å². The summed E-state index contributed by atoms with van der Waals surface area (Å²) in [7, 11) is 5.24. The van der Waals surface area contributed by atoms with Crippen molar-refractivity contribution in [3.63, 3.8) is 0 Å². The number of phenols is 1. The zero-order valence-corrected chi connectivity index (χ0v) is 13.6. The first-order valence-corrected chi connectivity index (χ1v) is 7.06. The van der Waals surface area contributed by atoms with Gasteiger partial charge in [-0.05, 0) is 44.8 Å². The van der Waals surface area contributed by atoms with Gasteiger partial charge >= 0.3 is 0 Å². The summed E-state index contributed by atoms with van der Waals surface area (Å²) in [6.45, 7) is 2.25. The van der Waals surface area contributed by atoms with Crippen LogP contribution in [-0.4, -0.2) is 36.2 Å². The van der Waals surface area contributed by atoms with E-state index in [-0.39, 0.29) is 11.3 Å². The minimum atomic E-state index is -0.427. The zero-order chi connectivity index (χ0) is 17.1. The smallest absolute Gasteiger partial charge is 0.266 e. The summed E-state index contributed by atoms with van der Waals surface area (Å²) in [6, 6.07) is 7.08. The molecule has 120 valence electrons. The van der Waals surface area contributed by atoms with Crippen LogP contribution in [0.4, 0.5) is 0 Å². The molecule has 6 nitrogen and oxygen atoms in total. The molecule has 0 amide bonds. The van der Waals surface area contributed by atoms with Gasteiger partial charge in [-0.15, -0.1) is 0 Å². The van der Waals surface area contributed by atoms with Crippen molar-refractivity contribution >= 4 is 0 Å². The number of H-pyrrole nitrogens is 1. The second kappa shape index (κ2) is 6.55. The Morgan fingerprint density at radius 1 is 1.35 bits per heavy atom. The van der Waals surface area contributed by atoms with Crippen molar-refractivity contribution in [2.24, 2.45) is 0 Å². The standard InChI is InChI=1S/C17H19N3O3/c1-10-5-13(14(8-18)17(22)19-10)11-6-12(9-20(2)3)16(21)15(7-11)23-4/h5-7,21H,9H2,1-4H3,(H,19,22). The fraction of sp³-hybridized carbons (Fsp3) is 0.294. The molecule has 0 aliphatic carbocycles. The van der Waals surface area contributed by atoms with Crippen LogP contribution >= 0.6 is 0 Å². The summed E-state index contributed by atoms with van der Waals surface area (Å²) in [6.07, 6.45) is 0. The third-order valence-corrected chi connectivity index (χ3v) is 3.45. The molecular weight excluding hydrogens is 294 g/mol. The molecule has 2 N–H and O–H groups in total. The number of hydrogen-bond donors (Lipinski definition) is 2. The van der Waals surface area contributed by atoms with Gasteiger partial charge in [0.1, 0.15) is 11.6 Å². The normalized spacial score (nSPS) is 10.6. The first-order valence-electron chi connectivity index (χ1n) is 7.06. The van der Waals surface area contributed by atoms with Gasteiger partial charge in [-0.3, -0.25) is 4.79 Å². The summed E-state index contributed by atoms with van der Waals surface area (Å²) < 4.78 is 5.23. The average Bonchev–Trinajstić information content (AvgIpc) is 2.48. The number of pyridine rings is 1. The molecule has 0 unspecified atom stereocenters. The van der Waals surface area contributed by atoms with Crippen LogP contribution in [0.5, 0.6) is 11.5 Å². The molecule has 1 heterocycles. The van der Waals surface area contributed by atoms with Gasteiger partial charge in [0.05, 0.1) is 7.11 Å². The van der Waals surface area contributed by atoms with Crippen LogP contribution in [0.15, 0.2) is 23.0 Å². The SMILES string of the molecule is COc1cc(-c2cc(C)[nH]c(=O)c2C#N)cc(CN(C)C)c1O. The molecule has 2 aromatic rings. The number of aromatic nitrogens is 1. The third kappa shape index (κ3) is 3.35. The Labute approximate surface area is 134 Å². The van der Waals surface area contributed by atoms with Gasteiger partial charge in [0.25, 0.3) is 5.56 Å². The zero-order valence-electron chi connectivity index (χ0n) is 13.6. The highest BCUT2D eigenvalue weighted by Gasteiger charge is 2.16. The molecule has 0 aliphatic heterocycles. The van der Waals surface area contributed by atoms with E-state index in [9.17, 15) is 15.2 Å². The molecule has 0 spiro atoms. The number of ether oxygens (including phenoxy) is 1. The van der Waals surface area contributed by atoms with Gasteiger partial charge in [-0.25, -0.2) is 0 Å². The third-order valence-electron chi connectivity index (χ3n) is 3.45. The van der Waals surface area contributed by atoms with Gasteiger partial charge in [-0.2, -0.15) is 5.26 Å². The number of methoxy groups -OCH3 is 1. The summed E-state index contributed by atoms with van der Waals surface area (Å²) in [4.78, 5) is 16.5. The Morgan fingerprint density at radius 2 is 2.04 bits per heavy atom. The van der Waals surface area contributed by atoms with Crippen LogP contribution in [0.25, 0.3) is 11.1 Å². The number of phenolic OH excluding ortho intramolecular Hbond substituents is 1. The molecule has 1 aromatic carbocycles. The summed E-state index contributed by atoms with van der Waals surface area (Å²) in [5.41, 5.74) is 2.11. The van der Waals surface area contributed by atoms with Gasteiger partial charge in [0.2, 0.25) is 0 Å². The van der Waals surface area contributed by atoms with Crippen molar-refractivity contribution in [1.82, 2.24) is 9.88 Å². The number of benzene rings is 1. The Balaban J connectivity index is 2.74. The summed E-state index contributed by atoms with van der Waals surface area (Å²) >= 11 is 0. The fourth-order valence-electron chi connectivity index (χ4n) is 2.47.